The van der Waals surface area contributed by atoms with Crippen LogP contribution in [0.4, 0.5) is 8.78 Å². The van der Waals surface area contributed by atoms with E-state index in [-0.39, 0.29) is 0 Å². The Morgan fingerprint density at radius 3 is 2.52 bits per heavy atom. The van der Waals surface area contributed by atoms with Crippen LogP contribution in [-0.4, -0.2) is 50.2 Å². The monoisotopic (exact) mass is 298 g/mol. The number of carbonyl (C=O) groups excluding carboxylic acids is 1. The third-order valence-electron chi connectivity index (χ3n) is 3.48. The lowest BCUT2D eigenvalue weighted by molar-refractivity contribution is 0.0372. The van der Waals surface area contributed by atoms with Gasteiger partial charge in [-0.05, 0) is 31.5 Å². The summed E-state index contributed by atoms with van der Waals surface area (Å²) in [6.45, 7) is 4.77. The van der Waals surface area contributed by atoms with Crippen molar-refractivity contribution in [1.29, 1.82) is 0 Å². The fourth-order valence-corrected chi connectivity index (χ4v) is 2.29. The number of hydrogen-bond donors (Lipinski definition) is 1. The molecule has 0 saturated carbocycles. The largest absolute Gasteiger partial charge is 0.379 e. The first-order valence-electron chi connectivity index (χ1n) is 7.21. The summed E-state index contributed by atoms with van der Waals surface area (Å²) in [5.41, 5.74) is -0.509. The Morgan fingerprint density at radius 1 is 1.19 bits per heavy atom. The van der Waals surface area contributed by atoms with Crippen molar-refractivity contribution < 1.29 is 18.3 Å². The van der Waals surface area contributed by atoms with Gasteiger partial charge < -0.3 is 10.1 Å². The van der Waals surface area contributed by atoms with Gasteiger partial charge in [0.05, 0.1) is 13.2 Å². The van der Waals surface area contributed by atoms with Crippen molar-refractivity contribution in [2.45, 2.75) is 12.8 Å². The summed E-state index contributed by atoms with van der Waals surface area (Å²) in [4.78, 5) is 14.0. The van der Waals surface area contributed by atoms with Gasteiger partial charge in [0.25, 0.3) is 5.91 Å². The van der Waals surface area contributed by atoms with Crippen LogP contribution in [0.25, 0.3) is 0 Å². The topological polar surface area (TPSA) is 41.6 Å². The molecule has 0 spiro atoms. The zero-order valence-electron chi connectivity index (χ0n) is 11.9. The van der Waals surface area contributed by atoms with Gasteiger partial charge in [-0.3, -0.25) is 9.69 Å². The van der Waals surface area contributed by atoms with E-state index in [2.05, 4.69) is 10.2 Å². The van der Waals surface area contributed by atoms with E-state index in [0.717, 1.165) is 57.8 Å². The lowest BCUT2D eigenvalue weighted by Gasteiger charge is -2.26. The second kappa shape index (κ2) is 8.05. The second-order valence-corrected chi connectivity index (χ2v) is 5.01. The van der Waals surface area contributed by atoms with Gasteiger partial charge in [0.2, 0.25) is 0 Å². The van der Waals surface area contributed by atoms with Crippen molar-refractivity contribution in [3.05, 3.63) is 35.4 Å². The standard InChI is InChI=1S/C15H20F2N2O2/c16-12-4-3-5-13(17)14(12)15(20)18-6-1-2-7-19-8-10-21-11-9-19/h3-5H,1-2,6-11H2,(H,18,20). The molecule has 1 heterocycles. The first-order valence-corrected chi connectivity index (χ1v) is 7.21. The summed E-state index contributed by atoms with van der Waals surface area (Å²) in [6, 6.07) is 3.40. The number of carbonyl (C=O) groups is 1. The van der Waals surface area contributed by atoms with Gasteiger partial charge in [-0.15, -0.1) is 0 Å². The summed E-state index contributed by atoms with van der Waals surface area (Å²) in [7, 11) is 0. The summed E-state index contributed by atoms with van der Waals surface area (Å²) in [5.74, 6) is -2.36. The lowest BCUT2D eigenvalue weighted by atomic mass is 10.2. The van der Waals surface area contributed by atoms with Gasteiger partial charge >= 0.3 is 0 Å². The number of nitrogens with one attached hydrogen (secondary N) is 1. The molecule has 6 heteroatoms. The second-order valence-electron chi connectivity index (χ2n) is 5.01. The highest BCUT2D eigenvalue weighted by atomic mass is 19.1. The highest BCUT2D eigenvalue weighted by Crippen LogP contribution is 2.11. The molecule has 1 aliphatic heterocycles. The van der Waals surface area contributed by atoms with Crippen LogP contribution in [0.15, 0.2) is 18.2 Å². The van der Waals surface area contributed by atoms with Crippen molar-refractivity contribution in [2.75, 3.05) is 39.4 Å². The summed E-state index contributed by atoms with van der Waals surface area (Å²) in [5, 5.41) is 2.56. The molecular formula is C15H20F2N2O2. The van der Waals surface area contributed by atoms with E-state index in [0.29, 0.717) is 6.54 Å². The number of benzene rings is 1. The minimum absolute atomic E-state index is 0.414. The molecule has 0 unspecified atom stereocenters. The Hall–Kier alpha value is -1.53. The SMILES string of the molecule is O=C(NCCCCN1CCOCC1)c1c(F)cccc1F. The molecule has 0 radical (unpaired) electrons. The van der Waals surface area contributed by atoms with Crippen LogP contribution < -0.4 is 5.32 Å². The van der Waals surface area contributed by atoms with Gasteiger partial charge in [0.1, 0.15) is 17.2 Å². The molecule has 0 atom stereocenters. The van der Waals surface area contributed by atoms with Crippen LogP contribution in [0.1, 0.15) is 23.2 Å². The summed E-state index contributed by atoms with van der Waals surface area (Å²) < 4.78 is 32.1. The van der Waals surface area contributed by atoms with Crippen molar-refractivity contribution in [1.82, 2.24) is 10.2 Å². The molecule has 1 N–H and O–H groups in total. The minimum Gasteiger partial charge on any atom is -0.379 e. The maximum Gasteiger partial charge on any atom is 0.257 e. The fourth-order valence-electron chi connectivity index (χ4n) is 2.29. The molecule has 4 nitrogen and oxygen atoms in total. The van der Waals surface area contributed by atoms with Gasteiger partial charge in [-0.25, -0.2) is 8.78 Å². The highest BCUT2D eigenvalue weighted by Gasteiger charge is 2.16. The first kappa shape index (κ1) is 15.9. The van der Waals surface area contributed by atoms with E-state index >= 15 is 0 Å². The zero-order valence-corrected chi connectivity index (χ0v) is 11.9. The smallest absolute Gasteiger partial charge is 0.257 e. The van der Waals surface area contributed by atoms with Crippen LogP contribution in [0, 0.1) is 11.6 Å². The number of nitrogens with zero attached hydrogens (tertiary/aromatic N) is 1. The highest BCUT2D eigenvalue weighted by molar-refractivity contribution is 5.94. The number of morpholine rings is 1. The molecule has 1 fully saturated rings. The molecule has 1 saturated heterocycles. The number of unbranched alkanes of at least 4 members (excludes halogenated alkanes) is 1. The van der Waals surface area contributed by atoms with Crippen molar-refractivity contribution in [3.8, 4) is 0 Å². The Balaban J connectivity index is 1.67. The molecule has 2 rings (SSSR count). The molecule has 21 heavy (non-hydrogen) atoms. The van der Waals surface area contributed by atoms with E-state index in [9.17, 15) is 13.6 Å². The Kier molecular flexibility index (Phi) is 6.07. The van der Waals surface area contributed by atoms with E-state index < -0.39 is 23.1 Å². The maximum atomic E-state index is 13.4. The lowest BCUT2D eigenvalue weighted by Crippen LogP contribution is -2.37. The number of ether oxygens (including phenoxy) is 1. The fraction of sp³-hybridized carbons (Fsp3) is 0.533. The molecule has 1 aromatic rings. The average Bonchev–Trinajstić information content (AvgIpc) is 2.48. The molecule has 116 valence electrons. The van der Waals surface area contributed by atoms with E-state index in [1.807, 2.05) is 0 Å². The third-order valence-corrected chi connectivity index (χ3v) is 3.48. The first-order chi connectivity index (χ1) is 10.2. The quantitative estimate of drug-likeness (QED) is 0.814. The molecule has 1 aliphatic rings. The van der Waals surface area contributed by atoms with Crippen LogP contribution >= 0.6 is 0 Å². The zero-order chi connectivity index (χ0) is 15.1. The predicted octanol–water partition coefficient (Wildman–Crippen LogP) is 1.81. The summed E-state index contributed by atoms with van der Waals surface area (Å²) in [6.07, 6.45) is 1.71. The van der Waals surface area contributed by atoms with Crippen molar-refractivity contribution in [2.24, 2.45) is 0 Å². The van der Waals surface area contributed by atoms with Crippen LogP contribution in [0.2, 0.25) is 0 Å². The molecule has 1 aromatic carbocycles. The molecule has 0 aliphatic carbocycles. The Morgan fingerprint density at radius 2 is 1.86 bits per heavy atom. The number of amides is 1. The van der Waals surface area contributed by atoms with Crippen LogP contribution in [0.3, 0.4) is 0 Å². The van der Waals surface area contributed by atoms with Crippen molar-refractivity contribution >= 4 is 5.91 Å². The van der Waals surface area contributed by atoms with Gasteiger partial charge in [0, 0.05) is 19.6 Å². The minimum atomic E-state index is -0.833. The van der Waals surface area contributed by atoms with E-state index in [1.165, 1.54) is 6.07 Å². The van der Waals surface area contributed by atoms with Gasteiger partial charge in [0.15, 0.2) is 0 Å². The Labute approximate surface area is 123 Å². The third kappa shape index (κ3) is 4.75. The van der Waals surface area contributed by atoms with Crippen LogP contribution in [0.5, 0.6) is 0 Å². The van der Waals surface area contributed by atoms with Crippen LogP contribution in [-0.2, 0) is 4.74 Å². The van der Waals surface area contributed by atoms with Crippen molar-refractivity contribution in [3.63, 3.8) is 0 Å². The molecular weight excluding hydrogens is 278 g/mol. The maximum absolute atomic E-state index is 13.4. The van der Waals surface area contributed by atoms with E-state index in [1.54, 1.807) is 0 Å². The predicted molar refractivity (Wildman–Crippen MR) is 75.2 cm³/mol. The van der Waals surface area contributed by atoms with Gasteiger partial charge in [-0.2, -0.15) is 0 Å². The number of hydrogen-bond acceptors (Lipinski definition) is 3. The summed E-state index contributed by atoms with van der Waals surface area (Å²) >= 11 is 0. The Bertz CT molecular complexity index is 456. The normalized spacial score (nSPS) is 15.9. The van der Waals surface area contributed by atoms with Gasteiger partial charge in [-0.1, -0.05) is 6.07 Å². The number of rotatable bonds is 6. The number of halogens is 2. The average molecular weight is 298 g/mol. The molecule has 0 bridgehead atoms. The van der Waals surface area contributed by atoms with E-state index in [4.69, 9.17) is 4.74 Å². The molecule has 0 aromatic heterocycles. The molecule has 1 amide bonds.